The molecule has 0 aromatic heterocycles. The molecule has 7 heteroatoms. The zero-order valence-corrected chi connectivity index (χ0v) is 32.9. The summed E-state index contributed by atoms with van der Waals surface area (Å²) in [5, 5.41) is 0. The minimum Gasteiger partial charge on any atom is -0.464 e. The fourth-order valence-electron chi connectivity index (χ4n) is 6.11. The van der Waals surface area contributed by atoms with Crippen LogP contribution in [-0.2, 0) is 23.8 Å². The van der Waals surface area contributed by atoms with E-state index in [-0.39, 0.29) is 50.1 Å². The van der Waals surface area contributed by atoms with Crippen molar-refractivity contribution >= 4 is 18.0 Å². The van der Waals surface area contributed by atoms with Gasteiger partial charge in [0.2, 0.25) is 0 Å². The molecule has 0 aliphatic rings. The molecular weight excluding hydrogens is 602 g/mol. The summed E-state index contributed by atoms with van der Waals surface area (Å²) in [6.45, 7) is 15.0. The number of carbonyl (C=O) groups is 3. The van der Waals surface area contributed by atoms with Crippen LogP contribution in [0.4, 0.5) is 4.79 Å². The van der Waals surface area contributed by atoms with E-state index in [2.05, 4.69) is 27.7 Å². The van der Waals surface area contributed by atoms with Crippen LogP contribution in [0.5, 0.6) is 0 Å². The van der Waals surface area contributed by atoms with Crippen LogP contribution in [0.25, 0.3) is 0 Å². The number of hydrogen-bond acceptors (Lipinski definition) is 6. The molecule has 0 fully saturated rings. The van der Waals surface area contributed by atoms with Gasteiger partial charge in [-0.1, -0.05) is 156 Å². The van der Waals surface area contributed by atoms with Crippen molar-refractivity contribution in [2.45, 2.75) is 208 Å². The molecule has 0 aromatic carbocycles. The van der Waals surface area contributed by atoms with Gasteiger partial charge in [0, 0.05) is 0 Å². The number of hydrogen-bond donors (Lipinski definition) is 0. The SMILES string of the molecule is CCCCCCCCC(CCCCCC)C(=O)OCCN(CCOC(=O)C(CCCCCC)CCCCCCCC)C(=O)OC(C)(C)C. The molecule has 0 aromatic rings. The summed E-state index contributed by atoms with van der Waals surface area (Å²) >= 11 is 0. The van der Waals surface area contributed by atoms with Crippen LogP contribution in [0, 0.1) is 11.8 Å². The average molecular weight is 682 g/mol. The number of carbonyl (C=O) groups excluding carboxylic acids is 3. The summed E-state index contributed by atoms with van der Waals surface area (Å²) in [7, 11) is 0. The first kappa shape index (κ1) is 46.2. The summed E-state index contributed by atoms with van der Waals surface area (Å²) in [6.07, 6.45) is 26.4. The number of amides is 1. The maximum Gasteiger partial charge on any atom is 0.410 e. The first-order valence-corrected chi connectivity index (χ1v) is 20.4. The van der Waals surface area contributed by atoms with E-state index in [0.717, 1.165) is 77.0 Å². The quantitative estimate of drug-likeness (QED) is 0.0399. The Bertz CT molecular complexity index is 729. The van der Waals surface area contributed by atoms with E-state index in [9.17, 15) is 14.4 Å². The van der Waals surface area contributed by atoms with Crippen molar-refractivity contribution in [1.82, 2.24) is 4.90 Å². The van der Waals surface area contributed by atoms with Crippen molar-refractivity contribution in [1.29, 1.82) is 0 Å². The molecular formula is C41H79NO6. The van der Waals surface area contributed by atoms with Gasteiger partial charge < -0.3 is 19.1 Å². The third kappa shape index (κ3) is 27.1. The van der Waals surface area contributed by atoms with Crippen LogP contribution in [0.1, 0.15) is 203 Å². The number of nitrogens with zero attached hydrogens (tertiary/aromatic N) is 1. The maximum atomic E-state index is 13.2. The van der Waals surface area contributed by atoms with Gasteiger partial charge in [-0.25, -0.2) is 4.79 Å². The Labute approximate surface area is 297 Å². The van der Waals surface area contributed by atoms with Gasteiger partial charge in [-0.05, 0) is 46.5 Å². The Morgan fingerprint density at radius 2 is 0.771 bits per heavy atom. The minimum absolute atomic E-state index is 0.0927. The molecule has 0 radical (unpaired) electrons. The smallest absolute Gasteiger partial charge is 0.410 e. The van der Waals surface area contributed by atoms with E-state index in [0.29, 0.717) is 0 Å². The molecule has 0 rings (SSSR count). The second kappa shape index (κ2) is 31.2. The number of unbranched alkanes of at least 4 members (excludes halogenated alkanes) is 16. The molecule has 0 bridgehead atoms. The zero-order valence-electron chi connectivity index (χ0n) is 32.9. The molecule has 0 aliphatic carbocycles. The van der Waals surface area contributed by atoms with E-state index in [1.54, 1.807) is 0 Å². The minimum atomic E-state index is -0.663. The van der Waals surface area contributed by atoms with Gasteiger partial charge in [0.05, 0.1) is 24.9 Å². The predicted molar refractivity (Wildman–Crippen MR) is 200 cm³/mol. The highest BCUT2D eigenvalue weighted by molar-refractivity contribution is 5.73. The largest absolute Gasteiger partial charge is 0.464 e. The molecule has 0 saturated carbocycles. The lowest BCUT2D eigenvalue weighted by Gasteiger charge is -2.27. The summed E-state index contributed by atoms with van der Waals surface area (Å²) in [5.41, 5.74) is -0.663. The predicted octanol–water partition coefficient (Wildman–Crippen LogP) is 12.0. The molecule has 7 nitrogen and oxygen atoms in total. The average Bonchev–Trinajstić information content (AvgIpc) is 3.04. The van der Waals surface area contributed by atoms with Crippen molar-refractivity contribution in [3.63, 3.8) is 0 Å². The van der Waals surface area contributed by atoms with Crippen molar-refractivity contribution in [3.05, 3.63) is 0 Å². The number of esters is 2. The Kier molecular flexibility index (Phi) is 30.0. The van der Waals surface area contributed by atoms with E-state index in [1.807, 2.05) is 20.8 Å². The van der Waals surface area contributed by atoms with Gasteiger partial charge in [-0.2, -0.15) is 0 Å². The van der Waals surface area contributed by atoms with Crippen molar-refractivity contribution in [2.24, 2.45) is 11.8 Å². The molecule has 0 aliphatic heterocycles. The monoisotopic (exact) mass is 682 g/mol. The molecule has 2 unspecified atom stereocenters. The molecule has 0 heterocycles. The topological polar surface area (TPSA) is 82.1 Å². The van der Waals surface area contributed by atoms with Crippen LogP contribution in [0.2, 0.25) is 0 Å². The van der Waals surface area contributed by atoms with Crippen molar-refractivity contribution in [3.8, 4) is 0 Å². The standard InChI is InChI=1S/C41H79NO6/c1-8-12-16-20-22-26-30-36(28-24-18-14-10-3)38(43)46-34-32-42(40(45)48-41(5,6)7)33-35-47-39(44)37(29-25-19-15-11-4)31-27-23-21-17-13-9-2/h36-37H,8-35H2,1-7H3. The highest BCUT2D eigenvalue weighted by atomic mass is 16.6. The fraction of sp³-hybridized carbons (Fsp3) is 0.927. The van der Waals surface area contributed by atoms with E-state index < -0.39 is 11.7 Å². The Morgan fingerprint density at radius 1 is 0.479 bits per heavy atom. The first-order chi connectivity index (χ1) is 23.1. The van der Waals surface area contributed by atoms with Crippen molar-refractivity contribution in [2.75, 3.05) is 26.3 Å². The maximum absolute atomic E-state index is 13.2. The van der Waals surface area contributed by atoms with Gasteiger partial charge >= 0.3 is 18.0 Å². The molecule has 2 atom stereocenters. The zero-order chi connectivity index (χ0) is 35.9. The third-order valence-corrected chi connectivity index (χ3v) is 9.15. The van der Waals surface area contributed by atoms with Crippen LogP contribution in [-0.4, -0.2) is 54.8 Å². The molecule has 0 spiro atoms. The summed E-state index contributed by atoms with van der Waals surface area (Å²) in [6, 6.07) is 0. The second-order valence-electron chi connectivity index (χ2n) is 15.0. The lowest BCUT2D eigenvalue weighted by Crippen LogP contribution is -2.41. The van der Waals surface area contributed by atoms with Gasteiger partial charge in [0.1, 0.15) is 18.8 Å². The summed E-state index contributed by atoms with van der Waals surface area (Å²) in [4.78, 5) is 41.0. The van der Waals surface area contributed by atoms with Gasteiger partial charge in [-0.15, -0.1) is 0 Å². The van der Waals surface area contributed by atoms with Crippen LogP contribution >= 0.6 is 0 Å². The Morgan fingerprint density at radius 3 is 1.08 bits per heavy atom. The van der Waals surface area contributed by atoms with Crippen LogP contribution in [0.15, 0.2) is 0 Å². The molecule has 284 valence electrons. The van der Waals surface area contributed by atoms with Crippen molar-refractivity contribution < 1.29 is 28.6 Å². The Hall–Kier alpha value is -1.79. The van der Waals surface area contributed by atoms with E-state index in [1.165, 1.54) is 81.9 Å². The highest BCUT2D eigenvalue weighted by Gasteiger charge is 2.25. The van der Waals surface area contributed by atoms with E-state index >= 15 is 0 Å². The van der Waals surface area contributed by atoms with Crippen LogP contribution in [0.3, 0.4) is 0 Å². The van der Waals surface area contributed by atoms with Crippen LogP contribution < -0.4 is 0 Å². The van der Waals surface area contributed by atoms with Gasteiger partial charge in [0.15, 0.2) is 0 Å². The third-order valence-electron chi connectivity index (χ3n) is 9.15. The first-order valence-electron chi connectivity index (χ1n) is 20.4. The molecule has 0 saturated heterocycles. The lowest BCUT2D eigenvalue weighted by molar-refractivity contribution is -0.150. The molecule has 1 amide bonds. The molecule has 48 heavy (non-hydrogen) atoms. The summed E-state index contributed by atoms with van der Waals surface area (Å²) < 4.78 is 17.2. The lowest BCUT2D eigenvalue weighted by atomic mass is 9.94. The van der Waals surface area contributed by atoms with E-state index in [4.69, 9.17) is 14.2 Å². The normalized spacial score (nSPS) is 12.8. The second-order valence-corrected chi connectivity index (χ2v) is 15.0. The number of ether oxygens (including phenoxy) is 3. The fourth-order valence-corrected chi connectivity index (χ4v) is 6.11. The van der Waals surface area contributed by atoms with Gasteiger partial charge in [0.25, 0.3) is 0 Å². The van der Waals surface area contributed by atoms with Gasteiger partial charge in [-0.3, -0.25) is 9.59 Å². The number of rotatable bonds is 32. The highest BCUT2D eigenvalue weighted by Crippen LogP contribution is 2.22. The molecule has 0 N–H and O–H groups in total. The summed E-state index contributed by atoms with van der Waals surface area (Å²) in [5.74, 6) is -0.498. The Balaban J connectivity index is 5.15.